The van der Waals surface area contributed by atoms with E-state index >= 15 is 0 Å². The van der Waals surface area contributed by atoms with Crippen LogP contribution in [-0.2, 0) is 0 Å². The Morgan fingerprint density at radius 2 is 0.750 bits per heavy atom. The third-order valence-electron chi connectivity index (χ3n) is 0. The zero-order valence-electron chi connectivity index (χ0n) is 4.27. The predicted molar refractivity (Wildman–Crippen MR) is 30.9 cm³/mol. The van der Waals surface area contributed by atoms with Crippen LogP contribution in [0.3, 0.4) is 0 Å². The first-order chi connectivity index (χ1) is 3.24. The fourth-order valence-electron chi connectivity index (χ4n) is 0. The molecule has 0 fully saturated rings. The normalized spacial score (nSPS) is 15.1. The summed E-state index contributed by atoms with van der Waals surface area (Å²) in [4.78, 5) is 0. The first kappa shape index (κ1) is 11.2. The SMILES string of the molecule is CC.FI(F)(F)(F)F. The molecule has 0 radical (unpaired) electrons. The Morgan fingerprint density at radius 1 is 0.750 bits per heavy atom. The third kappa shape index (κ3) is 1280. The van der Waals surface area contributed by atoms with Gasteiger partial charge in [0.25, 0.3) is 0 Å². The van der Waals surface area contributed by atoms with Crippen LogP contribution in [-0.4, -0.2) is 0 Å². The summed E-state index contributed by atoms with van der Waals surface area (Å²) >= 11 is -9.05. The Bertz CT molecular complexity index is 43.6. The zero-order chi connectivity index (χ0) is 7.45. The molecule has 0 aromatic carbocycles. The first-order valence-corrected chi connectivity index (χ1v) is 5.79. The van der Waals surface area contributed by atoms with Crippen molar-refractivity contribution < 1.29 is 14.3 Å². The van der Waals surface area contributed by atoms with E-state index in [4.69, 9.17) is 0 Å². The van der Waals surface area contributed by atoms with Crippen LogP contribution in [0.25, 0.3) is 0 Å². The van der Waals surface area contributed by atoms with E-state index in [2.05, 4.69) is 0 Å². The molecule has 0 saturated carbocycles. The Hall–Kier alpha value is 0.380. The van der Waals surface area contributed by atoms with Crippen molar-refractivity contribution in [3.05, 3.63) is 0 Å². The molecule has 0 N–H and O–H groups in total. The molecule has 0 aromatic rings. The standard InChI is InChI=1S/C2H6.F5I/c1-2;1-6(2,3,4)5/h1-2H3;. The van der Waals surface area contributed by atoms with Gasteiger partial charge < -0.3 is 0 Å². The average molecular weight is 252 g/mol. The second-order valence-corrected chi connectivity index (χ2v) is 3.62. The van der Waals surface area contributed by atoms with Crippen molar-refractivity contribution >= 4 is 19.9 Å². The van der Waals surface area contributed by atoms with Crippen molar-refractivity contribution in [1.82, 2.24) is 0 Å². The van der Waals surface area contributed by atoms with E-state index in [0.717, 1.165) is 0 Å². The van der Waals surface area contributed by atoms with Gasteiger partial charge in [-0.1, -0.05) is 13.8 Å². The van der Waals surface area contributed by atoms with E-state index in [1.165, 1.54) is 0 Å². The molecule has 0 nitrogen and oxygen atoms in total. The van der Waals surface area contributed by atoms with Crippen molar-refractivity contribution in [2.45, 2.75) is 13.8 Å². The summed E-state index contributed by atoms with van der Waals surface area (Å²) in [5.41, 5.74) is 0. The summed E-state index contributed by atoms with van der Waals surface area (Å²) in [5.74, 6) is 0. The van der Waals surface area contributed by atoms with E-state index in [-0.39, 0.29) is 0 Å². The second kappa shape index (κ2) is 2.79. The molecule has 56 valence electrons. The molecule has 6 heteroatoms. The van der Waals surface area contributed by atoms with Crippen molar-refractivity contribution in [3.63, 3.8) is 0 Å². The minimum absolute atomic E-state index is 2.00. The monoisotopic (exact) mass is 252 g/mol. The van der Waals surface area contributed by atoms with Crippen molar-refractivity contribution in [3.8, 4) is 0 Å². The molecule has 0 amide bonds. The van der Waals surface area contributed by atoms with Crippen molar-refractivity contribution in [2.24, 2.45) is 0 Å². The molecule has 0 rings (SSSR count). The summed E-state index contributed by atoms with van der Waals surface area (Å²) in [6, 6.07) is 0. The fraction of sp³-hybridized carbons (Fsp3) is 1.00. The van der Waals surface area contributed by atoms with Crippen molar-refractivity contribution in [2.75, 3.05) is 0 Å². The summed E-state index contributed by atoms with van der Waals surface area (Å²) in [5, 5.41) is 0. The van der Waals surface area contributed by atoms with E-state index in [1.807, 2.05) is 13.8 Å². The number of hydrogen-bond donors (Lipinski definition) is 0. The van der Waals surface area contributed by atoms with Crippen LogP contribution in [0.1, 0.15) is 13.8 Å². The molecule has 0 unspecified atom stereocenters. The Kier molecular flexibility index (Phi) is 3.91. The molecular formula is C2H6F5I. The first-order valence-electron chi connectivity index (χ1n) is 1.71. The van der Waals surface area contributed by atoms with Crippen LogP contribution in [0.15, 0.2) is 0 Å². The van der Waals surface area contributed by atoms with E-state index in [9.17, 15) is 14.3 Å². The summed E-state index contributed by atoms with van der Waals surface area (Å²) in [6.07, 6.45) is 0. The van der Waals surface area contributed by atoms with Crippen LogP contribution in [0, 0.1) is 0 Å². The van der Waals surface area contributed by atoms with Gasteiger partial charge in [0.05, 0.1) is 0 Å². The van der Waals surface area contributed by atoms with Gasteiger partial charge in [-0.3, -0.25) is 0 Å². The van der Waals surface area contributed by atoms with Gasteiger partial charge in [-0.25, -0.2) is 0 Å². The third-order valence-corrected chi connectivity index (χ3v) is 0. The van der Waals surface area contributed by atoms with Gasteiger partial charge in [-0.2, -0.15) is 0 Å². The molecule has 0 saturated heterocycles. The molecule has 0 aliphatic heterocycles. The Balaban J connectivity index is 0. The Morgan fingerprint density at radius 3 is 0.750 bits per heavy atom. The molecule has 8 heavy (non-hydrogen) atoms. The zero-order valence-corrected chi connectivity index (χ0v) is 6.43. The second-order valence-electron chi connectivity index (χ2n) is 0.540. The quantitative estimate of drug-likeness (QED) is 0.451. The van der Waals surface area contributed by atoms with Crippen LogP contribution in [0.5, 0.6) is 0 Å². The summed E-state index contributed by atoms with van der Waals surface area (Å²) in [7, 11) is 0. The minimum atomic E-state index is -9.05. The molecule has 0 spiro atoms. The van der Waals surface area contributed by atoms with Gasteiger partial charge in [0.2, 0.25) is 0 Å². The molecule has 0 aromatic heterocycles. The molecular weight excluding hydrogens is 246 g/mol. The molecule has 0 aliphatic rings. The van der Waals surface area contributed by atoms with Crippen molar-refractivity contribution in [1.29, 1.82) is 0 Å². The van der Waals surface area contributed by atoms with Gasteiger partial charge in [0.1, 0.15) is 0 Å². The van der Waals surface area contributed by atoms with Crippen LogP contribution < -0.4 is 0 Å². The van der Waals surface area contributed by atoms with E-state index in [0.29, 0.717) is 0 Å². The van der Waals surface area contributed by atoms with E-state index < -0.39 is 19.9 Å². The van der Waals surface area contributed by atoms with Gasteiger partial charge >= 0.3 is 34.2 Å². The van der Waals surface area contributed by atoms with Crippen LogP contribution in [0.4, 0.5) is 14.3 Å². The molecule has 0 heterocycles. The van der Waals surface area contributed by atoms with Gasteiger partial charge in [-0.05, 0) is 0 Å². The Labute approximate surface area is 48.6 Å². The number of rotatable bonds is 0. The maximum absolute atomic E-state index is 9.89. The van der Waals surface area contributed by atoms with Crippen LogP contribution in [0.2, 0.25) is 0 Å². The number of hydrogen-bond acceptors (Lipinski definition) is 0. The number of halogens is 6. The fourth-order valence-corrected chi connectivity index (χ4v) is 0. The van der Waals surface area contributed by atoms with Crippen LogP contribution >= 0.6 is 19.9 Å². The molecule has 0 atom stereocenters. The topological polar surface area (TPSA) is 0 Å². The average Bonchev–Trinajstić information content (AvgIpc) is 1.33. The van der Waals surface area contributed by atoms with Gasteiger partial charge in [0.15, 0.2) is 0 Å². The van der Waals surface area contributed by atoms with Gasteiger partial charge in [0, 0.05) is 0 Å². The predicted octanol–water partition coefficient (Wildman–Crippen LogP) is 4.01. The summed E-state index contributed by atoms with van der Waals surface area (Å²) in [6.45, 7) is 4.00. The van der Waals surface area contributed by atoms with E-state index in [1.54, 1.807) is 0 Å². The molecule has 0 aliphatic carbocycles. The molecule has 0 bridgehead atoms. The summed E-state index contributed by atoms with van der Waals surface area (Å²) < 4.78 is 49.5. The maximum atomic E-state index is 9.89. The van der Waals surface area contributed by atoms with Gasteiger partial charge in [-0.15, -0.1) is 0 Å².